The lowest BCUT2D eigenvalue weighted by Gasteiger charge is -2.34. The van der Waals surface area contributed by atoms with Crippen LogP contribution in [0.4, 0.5) is 0 Å². The molecule has 1 aromatic carbocycles. The van der Waals surface area contributed by atoms with E-state index in [0.717, 1.165) is 10.2 Å². The van der Waals surface area contributed by atoms with Crippen LogP contribution in [0.5, 0.6) is 5.75 Å². The molecule has 1 unspecified atom stereocenters. The first-order valence-corrected chi connectivity index (χ1v) is 7.20. The van der Waals surface area contributed by atoms with Crippen molar-refractivity contribution in [2.75, 3.05) is 13.2 Å². The second-order valence-corrected chi connectivity index (χ2v) is 6.13. The van der Waals surface area contributed by atoms with E-state index < -0.39 is 0 Å². The lowest BCUT2D eigenvalue weighted by Crippen LogP contribution is -2.44. The Balaban J connectivity index is 1.72. The van der Waals surface area contributed by atoms with Crippen LogP contribution in [0.3, 0.4) is 0 Å². The average Bonchev–Trinajstić information content (AvgIpc) is 2.86. The Labute approximate surface area is 125 Å². The fraction of sp³-hybridized carbons (Fsp3) is 0.429. The van der Waals surface area contributed by atoms with Gasteiger partial charge in [0.25, 0.3) is 5.89 Å². The van der Waals surface area contributed by atoms with Gasteiger partial charge in [0, 0.05) is 4.47 Å². The number of rotatable bonds is 4. The van der Waals surface area contributed by atoms with Crippen molar-refractivity contribution in [2.24, 2.45) is 0 Å². The summed E-state index contributed by atoms with van der Waals surface area (Å²) in [4.78, 5) is 0. The number of hydrogen-bond acceptors (Lipinski definition) is 5. The highest BCUT2D eigenvalue weighted by molar-refractivity contribution is 9.10. The summed E-state index contributed by atoms with van der Waals surface area (Å²) in [6.45, 7) is 5.18. The molecule has 20 heavy (non-hydrogen) atoms. The molecule has 0 aliphatic carbocycles. The molecule has 0 N–H and O–H groups in total. The molecule has 2 aromatic rings. The van der Waals surface area contributed by atoms with Gasteiger partial charge in [-0.25, -0.2) is 0 Å². The summed E-state index contributed by atoms with van der Waals surface area (Å²) in [6.07, 6.45) is -0.296. The molecule has 1 saturated heterocycles. The molecule has 106 valence electrons. The van der Waals surface area contributed by atoms with Crippen LogP contribution in [0.1, 0.15) is 31.7 Å². The van der Waals surface area contributed by atoms with Gasteiger partial charge in [-0.15, -0.1) is 10.2 Å². The van der Waals surface area contributed by atoms with E-state index in [1.165, 1.54) is 0 Å². The molecule has 1 aliphatic rings. The maximum atomic E-state index is 5.80. The Morgan fingerprint density at radius 1 is 1.35 bits per heavy atom. The van der Waals surface area contributed by atoms with Gasteiger partial charge in [0.15, 0.2) is 6.10 Å². The van der Waals surface area contributed by atoms with Crippen molar-refractivity contribution < 1.29 is 13.9 Å². The van der Waals surface area contributed by atoms with E-state index in [1.807, 2.05) is 38.1 Å². The van der Waals surface area contributed by atoms with E-state index in [0.29, 0.717) is 25.0 Å². The molecule has 5 nitrogen and oxygen atoms in total. The van der Waals surface area contributed by atoms with Crippen LogP contribution in [-0.2, 0) is 10.2 Å². The molecular weight excluding hydrogens is 324 g/mol. The van der Waals surface area contributed by atoms with Crippen molar-refractivity contribution in [2.45, 2.75) is 25.4 Å². The Morgan fingerprint density at radius 3 is 2.80 bits per heavy atom. The molecule has 0 bridgehead atoms. The Kier molecular flexibility index (Phi) is 3.52. The third-order valence-electron chi connectivity index (χ3n) is 3.25. The topological polar surface area (TPSA) is 57.4 Å². The monoisotopic (exact) mass is 338 g/mol. The molecule has 1 atom stereocenters. The molecule has 2 heterocycles. The van der Waals surface area contributed by atoms with E-state index in [2.05, 4.69) is 26.1 Å². The zero-order chi connectivity index (χ0) is 14.2. The molecule has 0 spiro atoms. The minimum Gasteiger partial charge on any atom is -0.481 e. The van der Waals surface area contributed by atoms with Gasteiger partial charge in [-0.2, -0.15) is 0 Å². The standard InChI is InChI=1S/C14H15BrN2O3/c1-9(19-11-5-3-4-10(15)6-11)12-16-17-13(20-12)14(2)7-18-8-14/h3-6,9H,7-8H2,1-2H3. The Morgan fingerprint density at radius 2 is 2.15 bits per heavy atom. The quantitative estimate of drug-likeness (QED) is 0.856. The number of aromatic nitrogens is 2. The average molecular weight is 339 g/mol. The van der Waals surface area contributed by atoms with Gasteiger partial charge in [-0.3, -0.25) is 0 Å². The summed E-state index contributed by atoms with van der Waals surface area (Å²) in [5.74, 6) is 1.85. The lowest BCUT2D eigenvalue weighted by atomic mass is 9.89. The van der Waals surface area contributed by atoms with Crippen molar-refractivity contribution in [3.63, 3.8) is 0 Å². The van der Waals surface area contributed by atoms with Gasteiger partial charge >= 0.3 is 0 Å². The molecule has 1 fully saturated rings. The number of ether oxygens (including phenoxy) is 2. The highest BCUT2D eigenvalue weighted by atomic mass is 79.9. The van der Waals surface area contributed by atoms with Gasteiger partial charge in [-0.1, -0.05) is 22.0 Å². The van der Waals surface area contributed by atoms with Crippen LogP contribution in [-0.4, -0.2) is 23.4 Å². The molecule has 0 saturated carbocycles. The molecule has 6 heteroatoms. The van der Waals surface area contributed by atoms with Gasteiger partial charge in [-0.05, 0) is 32.0 Å². The smallest absolute Gasteiger partial charge is 0.256 e. The summed E-state index contributed by atoms with van der Waals surface area (Å²) in [7, 11) is 0. The summed E-state index contributed by atoms with van der Waals surface area (Å²) in [5, 5.41) is 8.18. The predicted octanol–water partition coefficient (Wildman–Crippen LogP) is 3.26. The van der Waals surface area contributed by atoms with Crippen molar-refractivity contribution in [3.8, 4) is 5.75 Å². The summed E-state index contributed by atoms with van der Waals surface area (Å²) in [5.41, 5.74) is -0.152. The van der Waals surface area contributed by atoms with Crippen LogP contribution in [0, 0.1) is 0 Å². The van der Waals surface area contributed by atoms with Gasteiger partial charge in [0.1, 0.15) is 5.75 Å². The third-order valence-corrected chi connectivity index (χ3v) is 3.75. The zero-order valence-electron chi connectivity index (χ0n) is 11.3. The maximum Gasteiger partial charge on any atom is 0.256 e. The Bertz CT molecular complexity index is 610. The molecular formula is C14H15BrN2O3. The largest absolute Gasteiger partial charge is 0.481 e. The van der Waals surface area contributed by atoms with E-state index in [-0.39, 0.29) is 11.5 Å². The minimum absolute atomic E-state index is 0.152. The van der Waals surface area contributed by atoms with Crippen molar-refractivity contribution in [3.05, 3.63) is 40.5 Å². The Hall–Kier alpha value is -1.40. The normalized spacial score (nSPS) is 18.4. The van der Waals surface area contributed by atoms with E-state index in [1.54, 1.807) is 0 Å². The molecule has 0 amide bonds. The number of benzene rings is 1. The number of nitrogens with zero attached hydrogens (tertiary/aromatic N) is 2. The van der Waals surface area contributed by atoms with Crippen LogP contribution in [0.15, 0.2) is 33.2 Å². The fourth-order valence-corrected chi connectivity index (χ4v) is 2.35. The molecule has 1 aliphatic heterocycles. The lowest BCUT2D eigenvalue weighted by molar-refractivity contribution is -0.0633. The van der Waals surface area contributed by atoms with Gasteiger partial charge in [0.05, 0.1) is 18.6 Å². The van der Waals surface area contributed by atoms with Crippen LogP contribution in [0.25, 0.3) is 0 Å². The van der Waals surface area contributed by atoms with Crippen molar-refractivity contribution in [1.82, 2.24) is 10.2 Å². The second kappa shape index (κ2) is 5.18. The van der Waals surface area contributed by atoms with Crippen LogP contribution >= 0.6 is 15.9 Å². The first-order valence-electron chi connectivity index (χ1n) is 6.41. The van der Waals surface area contributed by atoms with Crippen LogP contribution < -0.4 is 4.74 Å². The second-order valence-electron chi connectivity index (χ2n) is 5.22. The number of hydrogen-bond donors (Lipinski definition) is 0. The van der Waals surface area contributed by atoms with Crippen LogP contribution in [0.2, 0.25) is 0 Å². The molecule has 1 aromatic heterocycles. The molecule has 0 radical (unpaired) electrons. The predicted molar refractivity (Wildman–Crippen MR) is 75.7 cm³/mol. The zero-order valence-corrected chi connectivity index (χ0v) is 12.9. The summed E-state index contributed by atoms with van der Waals surface area (Å²) in [6, 6.07) is 7.65. The summed E-state index contributed by atoms with van der Waals surface area (Å²) >= 11 is 3.41. The van der Waals surface area contributed by atoms with Crippen molar-refractivity contribution in [1.29, 1.82) is 0 Å². The highest BCUT2D eigenvalue weighted by Crippen LogP contribution is 2.32. The van der Waals surface area contributed by atoms with E-state index in [4.69, 9.17) is 13.9 Å². The van der Waals surface area contributed by atoms with Gasteiger partial charge < -0.3 is 13.9 Å². The number of halogens is 1. The highest BCUT2D eigenvalue weighted by Gasteiger charge is 2.41. The fourth-order valence-electron chi connectivity index (χ4n) is 1.97. The third kappa shape index (κ3) is 2.58. The maximum absolute atomic E-state index is 5.80. The molecule has 3 rings (SSSR count). The first-order chi connectivity index (χ1) is 9.57. The summed E-state index contributed by atoms with van der Waals surface area (Å²) < 4.78 is 17.7. The van der Waals surface area contributed by atoms with Crippen molar-refractivity contribution >= 4 is 15.9 Å². The first kappa shape index (κ1) is 13.6. The van der Waals surface area contributed by atoms with E-state index >= 15 is 0 Å². The minimum atomic E-state index is -0.296. The SMILES string of the molecule is CC(Oc1cccc(Br)c1)c1nnc(C2(C)COC2)o1. The van der Waals surface area contributed by atoms with E-state index in [9.17, 15) is 0 Å². The van der Waals surface area contributed by atoms with Gasteiger partial charge in [0.2, 0.25) is 5.89 Å².